The molecule has 188 valence electrons. The van der Waals surface area contributed by atoms with Gasteiger partial charge in [-0.15, -0.1) is 10.2 Å². The van der Waals surface area contributed by atoms with Gasteiger partial charge in [0, 0.05) is 41.6 Å². The van der Waals surface area contributed by atoms with Crippen molar-refractivity contribution in [3.8, 4) is 29.0 Å². The van der Waals surface area contributed by atoms with Crippen molar-refractivity contribution in [3.63, 3.8) is 0 Å². The van der Waals surface area contributed by atoms with Crippen LogP contribution in [0.15, 0.2) is 46.9 Å². The molecule has 37 heavy (non-hydrogen) atoms. The second kappa shape index (κ2) is 9.43. The number of ether oxygens (including phenoxy) is 2. The molecule has 2 heterocycles. The van der Waals surface area contributed by atoms with E-state index in [-0.39, 0.29) is 11.8 Å². The third-order valence-electron chi connectivity index (χ3n) is 6.89. The van der Waals surface area contributed by atoms with Gasteiger partial charge in [-0.3, -0.25) is 4.79 Å². The van der Waals surface area contributed by atoms with E-state index in [0.29, 0.717) is 71.5 Å². The second-order valence-corrected chi connectivity index (χ2v) is 9.10. The number of aromatic nitrogens is 2. The van der Waals surface area contributed by atoms with Gasteiger partial charge in [-0.25, -0.2) is 4.79 Å². The number of hydrogen-bond donors (Lipinski definition) is 2. The summed E-state index contributed by atoms with van der Waals surface area (Å²) in [6.45, 7) is 2.17. The Hall–Kier alpha value is -4.65. The maximum atomic E-state index is 13.5. The molecule has 1 aliphatic carbocycles. The highest BCUT2D eigenvalue weighted by Crippen LogP contribution is 2.62. The van der Waals surface area contributed by atoms with Gasteiger partial charge in [0.15, 0.2) is 0 Å². The smallest absolute Gasteiger partial charge is 0.327 e. The molecule has 2 aliphatic rings. The van der Waals surface area contributed by atoms with E-state index in [0.717, 1.165) is 11.6 Å². The molecular formula is C27H24N4O6. The number of aliphatic carboxylic acids is 1. The summed E-state index contributed by atoms with van der Waals surface area (Å²) in [4.78, 5) is 24.3. The Labute approximate surface area is 212 Å². The summed E-state index contributed by atoms with van der Waals surface area (Å²) in [6.07, 6.45) is 4.15. The zero-order valence-corrected chi connectivity index (χ0v) is 20.3. The maximum Gasteiger partial charge on any atom is 0.327 e. The first-order valence-electron chi connectivity index (χ1n) is 11.7. The number of nitrogens with zero attached hydrogens (tertiary/aromatic N) is 3. The van der Waals surface area contributed by atoms with Gasteiger partial charge in [0.05, 0.1) is 30.9 Å². The summed E-state index contributed by atoms with van der Waals surface area (Å²) in [7, 11) is 1.55. The van der Waals surface area contributed by atoms with Crippen LogP contribution in [0, 0.1) is 24.2 Å². The van der Waals surface area contributed by atoms with Gasteiger partial charge in [-0.1, -0.05) is 12.1 Å². The third-order valence-corrected chi connectivity index (χ3v) is 6.89. The molecule has 2 N–H and O–H groups in total. The maximum absolute atomic E-state index is 13.5. The fraction of sp³-hybridized carbons (Fsp3) is 0.296. The number of hydrogen-bond acceptors (Lipinski definition) is 8. The molecule has 3 aromatic rings. The van der Waals surface area contributed by atoms with Crippen molar-refractivity contribution >= 4 is 17.6 Å². The van der Waals surface area contributed by atoms with E-state index in [1.54, 1.807) is 38.3 Å². The summed E-state index contributed by atoms with van der Waals surface area (Å²) in [5.74, 6) is 0.415. The number of benzene rings is 2. The molecule has 1 saturated carbocycles. The lowest BCUT2D eigenvalue weighted by atomic mass is 9.86. The minimum atomic E-state index is -1.05. The normalized spacial score (nSPS) is 19.6. The largest absolute Gasteiger partial charge is 0.496 e. The van der Waals surface area contributed by atoms with E-state index >= 15 is 0 Å². The Bertz CT molecular complexity index is 1470. The summed E-state index contributed by atoms with van der Waals surface area (Å²) in [5.41, 5.74) is 2.71. The Balaban J connectivity index is 1.44. The van der Waals surface area contributed by atoms with Crippen LogP contribution in [-0.2, 0) is 21.4 Å². The molecule has 10 heteroatoms. The van der Waals surface area contributed by atoms with E-state index in [1.807, 2.05) is 6.07 Å². The molecule has 1 fully saturated rings. The number of carbonyl (C=O) groups is 2. The average molecular weight is 501 g/mol. The molecule has 0 bridgehead atoms. The van der Waals surface area contributed by atoms with Gasteiger partial charge in [0.1, 0.15) is 11.5 Å². The number of carboxylic acid groups (broad SMARTS) is 1. The number of carbonyl (C=O) groups excluding carboxylic acids is 1. The van der Waals surface area contributed by atoms with Crippen LogP contribution in [0.3, 0.4) is 0 Å². The molecular weight excluding hydrogens is 476 g/mol. The number of allylic oxidation sites excluding steroid dienone is 1. The molecule has 5 rings (SSSR count). The summed E-state index contributed by atoms with van der Waals surface area (Å²) in [5, 5.41) is 29.2. The van der Waals surface area contributed by atoms with Gasteiger partial charge < -0.3 is 24.3 Å². The molecule has 1 amide bonds. The SMILES string of the molecule is COc1cc2c(cc1-c1nnc(C)o1)[C@]1(CCO2)C[C@H]1C(=O)Nc1cc(C#N)ccc1CC=CC(=O)O. The van der Waals surface area contributed by atoms with Crippen LogP contribution in [0.1, 0.15) is 35.4 Å². The number of amides is 1. The van der Waals surface area contributed by atoms with Crippen molar-refractivity contribution in [2.24, 2.45) is 5.92 Å². The van der Waals surface area contributed by atoms with Crippen LogP contribution in [-0.4, -0.2) is 40.9 Å². The molecule has 2 atom stereocenters. The molecule has 1 aliphatic heterocycles. The van der Waals surface area contributed by atoms with Crippen LogP contribution in [0.2, 0.25) is 0 Å². The lowest BCUT2D eigenvalue weighted by molar-refractivity contribution is -0.131. The summed E-state index contributed by atoms with van der Waals surface area (Å²) < 4.78 is 17.1. The molecule has 0 unspecified atom stereocenters. The Kier molecular flexibility index (Phi) is 6.13. The van der Waals surface area contributed by atoms with Crippen LogP contribution in [0.25, 0.3) is 11.5 Å². The quantitative estimate of drug-likeness (QED) is 0.462. The van der Waals surface area contributed by atoms with Gasteiger partial charge in [0.25, 0.3) is 5.89 Å². The first-order valence-corrected chi connectivity index (χ1v) is 11.7. The molecule has 10 nitrogen and oxygen atoms in total. The monoisotopic (exact) mass is 500 g/mol. The highest BCUT2D eigenvalue weighted by Gasteiger charge is 2.61. The average Bonchev–Trinajstić information content (AvgIpc) is 3.44. The van der Waals surface area contributed by atoms with Crippen LogP contribution in [0.4, 0.5) is 5.69 Å². The van der Waals surface area contributed by atoms with Crippen LogP contribution >= 0.6 is 0 Å². The molecule has 0 saturated heterocycles. The van der Waals surface area contributed by atoms with Crippen LogP contribution in [0.5, 0.6) is 11.5 Å². The van der Waals surface area contributed by atoms with E-state index < -0.39 is 11.4 Å². The molecule has 0 radical (unpaired) electrons. The summed E-state index contributed by atoms with van der Waals surface area (Å²) in [6, 6.07) is 10.7. The zero-order valence-electron chi connectivity index (χ0n) is 20.3. The minimum Gasteiger partial charge on any atom is -0.496 e. The van der Waals surface area contributed by atoms with E-state index in [9.17, 15) is 14.9 Å². The third kappa shape index (κ3) is 4.51. The van der Waals surface area contributed by atoms with E-state index in [1.165, 1.54) is 6.08 Å². The number of anilines is 1. The number of methoxy groups -OCH3 is 1. The van der Waals surface area contributed by atoms with Gasteiger partial charge in [0.2, 0.25) is 11.8 Å². The van der Waals surface area contributed by atoms with Crippen molar-refractivity contribution in [2.75, 3.05) is 19.0 Å². The second-order valence-electron chi connectivity index (χ2n) is 9.10. The fourth-order valence-electron chi connectivity index (χ4n) is 4.96. The Morgan fingerprint density at radius 3 is 2.86 bits per heavy atom. The van der Waals surface area contributed by atoms with Crippen molar-refractivity contribution in [3.05, 3.63) is 65.1 Å². The summed E-state index contributed by atoms with van der Waals surface area (Å²) >= 11 is 0. The number of fused-ring (bicyclic) bond motifs is 2. The lowest BCUT2D eigenvalue weighted by Crippen LogP contribution is -2.27. The molecule has 1 aromatic heterocycles. The highest BCUT2D eigenvalue weighted by molar-refractivity contribution is 5.97. The van der Waals surface area contributed by atoms with Crippen molar-refractivity contribution in [1.82, 2.24) is 10.2 Å². The number of carboxylic acids is 1. The molecule has 1 spiro atoms. The number of aryl methyl sites for hydroxylation is 1. The zero-order chi connectivity index (χ0) is 26.2. The van der Waals surface area contributed by atoms with E-state index in [4.69, 9.17) is 19.0 Å². The number of rotatable bonds is 7. The standard InChI is InChI=1S/C27H24N4O6/c1-15-30-31-26(37-15)18-11-19-23(12-22(18)35-2)36-9-8-27(19)13-20(27)25(34)29-21-10-16(14-28)6-7-17(21)4-3-5-24(32)33/h3,5-7,10-12,20H,4,8-9,13H2,1-2H3,(H,29,34)(H,32,33)/t20-,27-/m0/s1. The predicted octanol–water partition coefficient (Wildman–Crippen LogP) is 3.79. The van der Waals surface area contributed by atoms with Crippen LogP contribution < -0.4 is 14.8 Å². The van der Waals surface area contributed by atoms with Gasteiger partial charge in [-0.2, -0.15) is 5.26 Å². The number of nitriles is 1. The first-order chi connectivity index (χ1) is 17.8. The highest BCUT2D eigenvalue weighted by atomic mass is 16.5. The first kappa shape index (κ1) is 24.1. The molecule has 2 aromatic carbocycles. The topological polar surface area (TPSA) is 148 Å². The predicted molar refractivity (Wildman–Crippen MR) is 131 cm³/mol. The number of nitrogens with one attached hydrogen (secondary N) is 1. The Morgan fingerprint density at radius 2 is 2.16 bits per heavy atom. The van der Waals surface area contributed by atoms with Gasteiger partial charge >= 0.3 is 5.97 Å². The lowest BCUT2D eigenvalue weighted by Gasteiger charge is -2.28. The van der Waals surface area contributed by atoms with Gasteiger partial charge in [-0.05, 0) is 43.0 Å². The van der Waals surface area contributed by atoms with Crippen molar-refractivity contribution in [2.45, 2.75) is 31.6 Å². The van der Waals surface area contributed by atoms with Crippen molar-refractivity contribution in [1.29, 1.82) is 5.26 Å². The van der Waals surface area contributed by atoms with Crippen molar-refractivity contribution < 1.29 is 28.6 Å². The fourth-order valence-corrected chi connectivity index (χ4v) is 4.96. The van der Waals surface area contributed by atoms with E-state index in [2.05, 4.69) is 21.6 Å². The minimum absolute atomic E-state index is 0.169. The Morgan fingerprint density at radius 1 is 1.32 bits per heavy atom.